The Balaban J connectivity index is 1.14. The van der Waals surface area contributed by atoms with Crippen LogP contribution in [-0.2, 0) is 4.89 Å². The van der Waals surface area contributed by atoms with Gasteiger partial charge in [-0.25, -0.2) is 0 Å². The molecule has 0 bridgehead atoms. The monoisotopic (exact) mass is 410 g/mol. The summed E-state index contributed by atoms with van der Waals surface area (Å²) in [6, 6.07) is 15.9. The fraction of sp³-hybridized carbons (Fsp3) is 0.417. The van der Waals surface area contributed by atoms with Gasteiger partial charge in [0.05, 0.1) is 12.7 Å². The van der Waals surface area contributed by atoms with Crippen LogP contribution in [-0.4, -0.2) is 53.9 Å². The van der Waals surface area contributed by atoms with Gasteiger partial charge in [0.1, 0.15) is 12.4 Å². The number of aromatic amines is 1. The maximum absolute atomic E-state index is 10.3. The molecule has 0 aliphatic carbocycles. The van der Waals surface area contributed by atoms with E-state index in [0.717, 1.165) is 49.2 Å². The van der Waals surface area contributed by atoms with Crippen LogP contribution in [0.15, 0.2) is 54.7 Å². The van der Waals surface area contributed by atoms with Gasteiger partial charge in [-0.15, -0.1) is 0 Å². The number of fused-ring (bicyclic) bond motifs is 1. The molecular formula is C24H30N2O4. The summed E-state index contributed by atoms with van der Waals surface area (Å²) in [7, 11) is 0. The topological polar surface area (TPSA) is 67.0 Å². The van der Waals surface area contributed by atoms with Crippen molar-refractivity contribution in [3.05, 3.63) is 60.3 Å². The molecule has 0 amide bonds. The molecule has 2 N–H and O–H groups in total. The second-order valence-electron chi connectivity index (χ2n) is 8.09. The van der Waals surface area contributed by atoms with Crippen molar-refractivity contribution in [2.75, 3.05) is 32.8 Å². The summed E-state index contributed by atoms with van der Waals surface area (Å²) >= 11 is 0. The van der Waals surface area contributed by atoms with Gasteiger partial charge in [-0.2, -0.15) is 4.89 Å². The largest absolute Gasteiger partial charge is 0.493 e. The molecular weight excluding hydrogens is 380 g/mol. The molecule has 1 fully saturated rings. The maximum atomic E-state index is 10.3. The molecule has 0 saturated carbocycles. The Labute approximate surface area is 177 Å². The zero-order valence-corrected chi connectivity index (χ0v) is 17.4. The van der Waals surface area contributed by atoms with E-state index >= 15 is 0 Å². The lowest BCUT2D eigenvalue weighted by Gasteiger charge is -2.32. The van der Waals surface area contributed by atoms with E-state index in [1.165, 1.54) is 5.56 Å². The number of aliphatic hydroxyl groups excluding tert-OH is 1. The molecule has 1 aliphatic rings. The molecule has 0 spiro atoms. The van der Waals surface area contributed by atoms with E-state index in [1.54, 1.807) is 0 Å². The Morgan fingerprint density at radius 1 is 1.13 bits per heavy atom. The minimum Gasteiger partial charge on any atom is -0.493 e. The average molecular weight is 411 g/mol. The van der Waals surface area contributed by atoms with Gasteiger partial charge in [0.2, 0.25) is 0 Å². The highest BCUT2D eigenvalue weighted by molar-refractivity contribution is 5.85. The lowest BCUT2D eigenvalue weighted by atomic mass is 9.97. The molecule has 6 heteroatoms. The fourth-order valence-corrected chi connectivity index (χ4v) is 3.91. The molecule has 2 aromatic carbocycles. The molecule has 1 saturated heterocycles. The summed E-state index contributed by atoms with van der Waals surface area (Å²) in [5.74, 6) is 2.15. The summed E-state index contributed by atoms with van der Waals surface area (Å²) in [6.07, 6.45) is 3.43. The predicted octanol–water partition coefficient (Wildman–Crippen LogP) is 3.94. The first-order valence-corrected chi connectivity index (χ1v) is 10.6. The van der Waals surface area contributed by atoms with Crippen LogP contribution in [0.25, 0.3) is 10.9 Å². The predicted molar refractivity (Wildman–Crippen MR) is 117 cm³/mol. The number of aliphatic hydroxyl groups is 1. The molecule has 1 aliphatic heterocycles. The number of aryl methyl sites for hydroxylation is 1. The number of nitrogens with one attached hydrogen (secondary N) is 1. The number of ether oxygens (including phenoxy) is 1. The standard InChI is InChI=1S/C24H30N2O4/c1-18-4-2-5-21(14-18)28-16-19-9-12-26(13-10-19)15-20(27)17-29-30-24-7-3-6-23-22(24)8-11-25-23/h2-8,11,14,19-20,25,27H,9-10,12-13,15-17H2,1H3. The van der Waals surface area contributed by atoms with E-state index in [2.05, 4.69) is 28.9 Å². The zero-order chi connectivity index (χ0) is 20.8. The summed E-state index contributed by atoms with van der Waals surface area (Å²) in [5.41, 5.74) is 2.21. The number of rotatable bonds is 9. The second-order valence-corrected chi connectivity index (χ2v) is 8.09. The van der Waals surface area contributed by atoms with Gasteiger partial charge in [-0.3, -0.25) is 0 Å². The third-order valence-corrected chi connectivity index (χ3v) is 5.62. The molecule has 2 heterocycles. The number of hydrogen-bond donors (Lipinski definition) is 2. The summed E-state index contributed by atoms with van der Waals surface area (Å²) in [5, 5.41) is 11.3. The molecule has 3 aromatic rings. The maximum Gasteiger partial charge on any atom is 0.174 e. The highest BCUT2D eigenvalue weighted by Crippen LogP contribution is 2.25. The first-order valence-electron chi connectivity index (χ1n) is 10.6. The number of nitrogens with zero attached hydrogens (tertiary/aromatic N) is 1. The number of piperidine rings is 1. The first-order chi connectivity index (χ1) is 14.7. The van der Waals surface area contributed by atoms with E-state index in [1.807, 2.05) is 42.6 Å². The van der Waals surface area contributed by atoms with E-state index in [9.17, 15) is 5.11 Å². The normalized spacial score (nSPS) is 16.6. The summed E-state index contributed by atoms with van der Waals surface area (Å²) in [6.45, 7) is 5.47. The smallest absolute Gasteiger partial charge is 0.174 e. The van der Waals surface area contributed by atoms with Crippen molar-refractivity contribution in [2.45, 2.75) is 25.9 Å². The summed E-state index contributed by atoms with van der Waals surface area (Å²) in [4.78, 5) is 16.1. The van der Waals surface area contributed by atoms with Gasteiger partial charge in [-0.1, -0.05) is 18.2 Å². The fourth-order valence-electron chi connectivity index (χ4n) is 3.91. The van der Waals surface area contributed by atoms with Crippen molar-refractivity contribution < 1.29 is 19.6 Å². The van der Waals surface area contributed by atoms with Crippen molar-refractivity contribution in [3.63, 3.8) is 0 Å². The molecule has 4 rings (SSSR count). The minimum atomic E-state index is -0.587. The van der Waals surface area contributed by atoms with Gasteiger partial charge in [0, 0.05) is 23.6 Å². The van der Waals surface area contributed by atoms with E-state index in [0.29, 0.717) is 18.2 Å². The molecule has 1 aromatic heterocycles. The van der Waals surface area contributed by atoms with Crippen molar-refractivity contribution in [1.29, 1.82) is 0 Å². The van der Waals surface area contributed by atoms with Crippen LogP contribution < -0.4 is 9.62 Å². The number of likely N-dealkylation sites (tertiary alicyclic amines) is 1. The quantitative estimate of drug-likeness (QED) is 0.413. The van der Waals surface area contributed by atoms with Crippen LogP contribution in [0.5, 0.6) is 11.5 Å². The van der Waals surface area contributed by atoms with E-state index < -0.39 is 6.10 Å². The Bertz CT molecular complexity index is 934. The second kappa shape index (κ2) is 9.98. The van der Waals surface area contributed by atoms with Gasteiger partial charge in [0.25, 0.3) is 0 Å². The van der Waals surface area contributed by atoms with Crippen LogP contribution in [0.1, 0.15) is 18.4 Å². The van der Waals surface area contributed by atoms with Crippen LogP contribution in [0.2, 0.25) is 0 Å². The third-order valence-electron chi connectivity index (χ3n) is 5.62. The lowest BCUT2D eigenvalue weighted by molar-refractivity contribution is -0.223. The van der Waals surface area contributed by atoms with E-state index in [-0.39, 0.29) is 6.61 Å². The average Bonchev–Trinajstić information content (AvgIpc) is 3.23. The summed E-state index contributed by atoms with van der Waals surface area (Å²) < 4.78 is 5.96. The van der Waals surface area contributed by atoms with Gasteiger partial charge in [0.15, 0.2) is 5.75 Å². The third kappa shape index (κ3) is 5.53. The Hall–Kier alpha value is -2.54. The van der Waals surface area contributed by atoms with Gasteiger partial charge < -0.3 is 24.6 Å². The van der Waals surface area contributed by atoms with Crippen molar-refractivity contribution >= 4 is 10.9 Å². The van der Waals surface area contributed by atoms with Crippen molar-refractivity contribution in [1.82, 2.24) is 9.88 Å². The van der Waals surface area contributed by atoms with Gasteiger partial charge in [-0.05, 0) is 74.7 Å². The molecule has 30 heavy (non-hydrogen) atoms. The molecule has 6 nitrogen and oxygen atoms in total. The number of hydrogen-bond acceptors (Lipinski definition) is 5. The minimum absolute atomic E-state index is 0.136. The molecule has 0 radical (unpaired) electrons. The SMILES string of the molecule is Cc1cccc(OCC2CCN(CC(O)COOc3cccc4[nH]ccc34)CC2)c1. The lowest BCUT2D eigenvalue weighted by Crippen LogP contribution is -2.41. The molecule has 1 unspecified atom stereocenters. The van der Waals surface area contributed by atoms with Crippen molar-refractivity contribution in [3.8, 4) is 11.5 Å². The number of H-pyrrole nitrogens is 1. The Kier molecular flexibility index (Phi) is 6.89. The van der Waals surface area contributed by atoms with Gasteiger partial charge >= 0.3 is 0 Å². The Morgan fingerprint density at radius 3 is 2.80 bits per heavy atom. The zero-order valence-electron chi connectivity index (χ0n) is 17.4. The first kappa shape index (κ1) is 20.7. The highest BCUT2D eigenvalue weighted by atomic mass is 17.2. The van der Waals surface area contributed by atoms with Crippen LogP contribution in [0.4, 0.5) is 0 Å². The van der Waals surface area contributed by atoms with Crippen LogP contribution >= 0.6 is 0 Å². The number of benzene rings is 2. The van der Waals surface area contributed by atoms with Crippen LogP contribution in [0, 0.1) is 12.8 Å². The number of β-amino-alcohol motifs (C(OH)–C–C–N with tert-alkyl or cyclic N) is 1. The van der Waals surface area contributed by atoms with Crippen molar-refractivity contribution in [2.24, 2.45) is 5.92 Å². The Morgan fingerprint density at radius 2 is 1.97 bits per heavy atom. The molecule has 160 valence electrons. The van der Waals surface area contributed by atoms with E-state index in [4.69, 9.17) is 14.5 Å². The number of aromatic nitrogens is 1. The van der Waals surface area contributed by atoms with Crippen LogP contribution in [0.3, 0.4) is 0 Å². The highest BCUT2D eigenvalue weighted by Gasteiger charge is 2.22. The molecule has 1 atom stereocenters.